The topological polar surface area (TPSA) is 49.4 Å². The lowest BCUT2D eigenvalue weighted by Gasteiger charge is -2.42. The summed E-state index contributed by atoms with van der Waals surface area (Å²) in [4.78, 5) is 2.87. The minimum absolute atomic E-state index is 0.255. The van der Waals surface area contributed by atoms with Crippen molar-refractivity contribution in [2.75, 3.05) is 25.9 Å². The average molecular weight is 308 g/mol. The van der Waals surface area contributed by atoms with Gasteiger partial charge < -0.3 is 5.32 Å². The predicted octanol–water partition coefficient (Wildman–Crippen LogP) is 1.66. The molecule has 1 aliphatic heterocycles. The molecule has 0 bridgehead atoms. The molecule has 3 rings (SSSR count). The lowest BCUT2D eigenvalue weighted by molar-refractivity contribution is 0.121. The standard InChI is InChI=1S/C16H24N2O2S/c1-16(14-5-6-14)12-18(10-9-17-16)11-13-3-7-15(8-4-13)21(2,19)20/h3-4,7-8,14,17H,5-6,9-12H2,1-2H3. The van der Waals surface area contributed by atoms with Crippen molar-refractivity contribution < 1.29 is 8.42 Å². The number of sulfone groups is 1. The highest BCUT2D eigenvalue weighted by atomic mass is 32.2. The lowest BCUT2D eigenvalue weighted by Crippen LogP contribution is -2.59. The highest BCUT2D eigenvalue weighted by Crippen LogP contribution is 2.40. The van der Waals surface area contributed by atoms with Crippen molar-refractivity contribution in [3.05, 3.63) is 29.8 Å². The first kappa shape index (κ1) is 15.0. The van der Waals surface area contributed by atoms with E-state index in [1.165, 1.54) is 24.7 Å². The molecule has 116 valence electrons. The fraction of sp³-hybridized carbons (Fsp3) is 0.625. The first-order valence-electron chi connectivity index (χ1n) is 7.63. The summed E-state index contributed by atoms with van der Waals surface area (Å²) in [5.41, 5.74) is 1.44. The van der Waals surface area contributed by atoms with Gasteiger partial charge in [-0.3, -0.25) is 4.90 Å². The van der Waals surface area contributed by atoms with Crippen molar-refractivity contribution in [2.24, 2.45) is 5.92 Å². The van der Waals surface area contributed by atoms with Crippen LogP contribution in [0.2, 0.25) is 0 Å². The van der Waals surface area contributed by atoms with Gasteiger partial charge >= 0.3 is 0 Å². The summed E-state index contributed by atoms with van der Waals surface area (Å²) in [7, 11) is -3.10. The molecule has 4 nitrogen and oxygen atoms in total. The molecule has 1 saturated heterocycles. The first-order valence-corrected chi connectivity index (χ1v) is 9.52. The van der Waals surface area contributed by atoms with E-state index in [4.69, 9.17) is 0 Å². The number of nitrogens with zero attached hydrogens (tertiary/aromatic N) is 1. The highest BCUT2D eigenvalue weighted by Gasteiger charge is 2.43. The molecule has 1 N–H and O–H groups in total. The monoisotopic (exact) mass is 308 g/mol. The molecule has 1 aliphatic carbocycles. The second-order valence-corrected chi connectivity index (χ2v) is 8.76. The van der Waals surface area contributed by atoms with Crippen LogP contribution < -0.4 is 5.32 Å². The maximum atomic E-state index is 11.5. The normalized spacial score (nSPS) is 27.7. The molecule has 1 aromatic carbocycles. The number of hydrogen-bond acceptors (Lipinski definition) is 4. The molecule has 0 amide bonds. The van der Waals surface area contributed by atoms with E-state index in [1.807, 2.05) is 12.1 Å². The Bertz CT molecular complexity index is 608. The molecule has 0 aromatic heterocycles. The smallest absolute Gasteiger partial charge is 0.175 e. The van der Waals surface area contributed by atoms with Crippen molar-refractivity contribution in [1.82, 2.24) is 10.2 Å². The number of benzene rings is 1. The van der Waals surface area contributed by atoms with Gasteiger partial charge in [0.1, 0.15) is 0 Å². The lowest BCUT2D eigenvalue weighted by atomic mass is 9.92. The van der Waals surface area contributed by atoms with Crippen LogP contribution in [-0.2, 0) is 16.4 Å². The summed E-state index contributed by atoms with van der Waals surface area (Å²) in [6.07, 6.45) is 3.94. The summed E-state index contributed by atoms with van der Waals surface area (Å²) in [5, 5.41) is 3.68. The average Bonchev–Trinajstić information content (AvgIpc) is 3.23. The molecule has 1 saturated carbocycles. The van der Waals surface area contributed by atoms with Crippen LogP contribution in [0.15, 0.2) is 29.2 Å². The largest absolute Gasteiger partial charge is 0.309 e. The first-order chi connectivity index (χ1) is 9.87. The Labute approximate surface area is 127 Å². The van der Waals surface area contributed by atoms with Crippen molar-refractivity contribution in [2.45, 2.75) is 36.7 Å². The molecule has 1 atom stereocenters. The van der Waals surface area contributed by atoms with Gasteiger partial charge in [0.25, 0.3) is 0 Å². The van der Waals surface area contributed by atoms with E-state index in [2.05, 4.69) is 17.1 Å². The van der Waals surface area contributed by atoms with Gasteiger partial charge in [-0.05, 0) is 43.4 Å². The van der Waals surface area contributed by atoms with Gasteiger partial charge in [-0.25, -0.2) is 8.42 Å². The van der Waals surface area contributed by atoms with E-state index < -0.39 is 9.84 Å². The Morgan fingerprint density at radius 1 is 1.29 bits per heavy atom. The Hall–Kier alpha value is -0.910. The molecule has 1 aromatic rings. The van der Waals surface area contributed by atoms with Crippen LogP contribution >= 0.6 is 0 Å². The summed E-state index contributed by atoms with van der Waals surface area (Å²) >= 11 is 0. The molecule has 1 unspecified atom stereocenters. The second kappa shape index (κ2) is 5.38. The Morgan fingerprint density at radius 2 is 1.95 bits per heavy atom. The molecular formula is C16H24N2O2S. The van der Waals surface area contributed by atoms with Crippen molar-refractivity contribution in [1.29, 1.82) is 0 Å². The second-order valence-electron chi connectivity index (χ2n) is 6.75. The molecule has 5 heteroatoms. The van der Waals surface area contributed by atoms with E-state index in [1.54, 1.807) is 12.1 Å². The van der Waals surface area contributed by atoms with Crippen molar-refractivity contribution in [3.8, 4) is 0 Å². The van der Waals surface area contributed by atoms with Gasteiger partial charge in [0.2, 0.25) is 0 Å². The zero-order valence-corrected chi connectivity index (χ0v) is 13.6. The molecule has 0 radical (unpaired) electrons. The highest BCUT2D eigenvalue weighted by molar-refractivity contribution is 7.90. The fourth-order valence-electron chi connectivity index (χ4n) is 3.33. The minimum atomic E-state index is -3.10. The summed E-state index contributed by atoms with van der Waals surface area (Å²) in [6, 6.07) is 7.31. The van der Waals surface area contributed by atoms with Gasteiger partial charge in [-0.1, -0.05) is 12.1 Å². The number of rotatable bonds is 4. The van der Waals surface area contributed by atoms with Crippen molar-refractivity contribution in [3.63, 3.8) is 0 Å². The summed E-state index contributed by atoms with van der Waals surface area (Å²) in [6.45, 7) is 6.40. The molecule has 21 heavy (non-hydrogen) atoms. The quantitative estimate of drug-likeness (QED) is 0.919. The molecule has 1 heterocycles. The van der Waals surface area contributed by atoms with E-state index in [0.717, 1.165) is 32.1 Å². The van der Waals surface area contributed by atoms with Gasteiger partial charge in [0.15, 0.2) is 9.84 Å². The van der Waals surface area contributed by atoms with E-state index in [-0.39, 0.29) is 5.54 Å². The zero-order valence-electron chi connectivity index (χ0n) is 12.8. The van der Waals surface area contributed by atoms with Gasteiger partial charge in [-0.15, -0.1) is 0 Å². The van der Waals surface area contributed by atoms with Gasteiger partial charge in [-0.2, -0.15) is 0 Å². The third-order valence-corrected chi connectivity index (χ3v) is 5.87. The Kier molecular flexibility index (Phi) is 3.84. The van der Waals surface area contributed by atoms with Crippen LogP contribution in [0, 0.1) is 5.92 Å². The maximum Gasteiger partial charge on any atom is 0.175 e. The van der Waals surface area contributed by atoms with Crippen LogP contribution in [-0.4, -0.2) is 44.7 Å². The SMILES string of the molecule is CC1(C2CC2)CN(Cc2ccc(S(C)(=O)=O)cc2)CCN1. The van der Waals surface area contributed by atoms with Gasteiger partial charge in [0, 0.05) is 38.0 Å². The zero-order chi connectivity index (χ0) is 15.1. The van der Waals surface area contributed by atoms with Crippen LogP contribution in [0.3, 0.4) is 0 Å². The van der Waals surface area contributed by atoms with Crippen LogP contribution in [0.1, 0.15) is 25.3 Å². The van der Waals surface area contributed by atoms with E-state index in [0.29, 0.717) is 4.90 Å². The molecular weight excluding hydrogens is 284 g/mol. The minimum Gasteiger partial charge on any atom is -0.309 e. The summed E-state index contributed by atoms with van der Waals surface area (Å²) < 4.78 is 23.0. The van der Waals surface area contributed by atoms with Crippen LogP contribution in [0.25, 0.3) is 0 Å². The van der Waals surface area contributed by atoms with E-state index >= 15 is 0 Å². The summed E-state index contributed by atoms with van der Waals surface area (Å²) in [5.74, 6) is 0.827. The molecule has 2 aliphatic rings. The van der Waals surface area contributed by atoms with E-state index in [9.17, 15) is 8.42 Å². The van der Waals surface area contributed by atoms with Gasteiger partial charge in [0.05, 0.1) is 4.90 Å². The number of nitrogens with one attached hydrogen (secondary N) is 1. The predicted molar refractivity (Wildman–Crippen MR) is 84.0 cm³/mol. The molecule has 0 spiro atoms. The fourth-order valence-corrected chi connectivity index (χ4v) is 3.96. The Balaban J connectivity index is 1.66. The Morgan fingerprint density at radius 3 is 2.52 bits per heavy atom. The number of hydrogen-bond donors (Lipinski definition) is 1. The third-order valence-electron chi connectivity index (χ3n) is 4.75. The van der Waals surface area contributed by atoms with Crippen LogP contribution in [0.5, 0.6) is 0 Å². The third kappa shape index (κ3) is 3.47. The van der Waals surface area contributed by atoms with Crippen LogP contribution in [0.4, 0.5) is 0 Å². The molecule has 2 fully saturated rings. The number of piperazine rings is 1. The van der Waals surface area contributed by atoms with Crippen molar-refractivity contribution >= 4 is 9.84 Å². The maximum absolute atomic E-state index is 11.5.